The minimum Gasteiger partial charge on any atom is -0.219 e. The molecule has 0 saturated heterocycles. The van der Waals surface area contributed by atoms with Crippen LogP contribution in [0.2, 0.25) is 0 Å². The van der Waals surface area contributed by atoms with Crippen molar-refractivity contribution in [2.75, 3.05) is 0 Å². The Bertz CT molecular complexity index is 568. The number of hydrogen-bond acceptors (Lipinski definition) is 4. The van der Waals surface area contributed by atoms with Gasteiger partial charge in [0.05, 0.1) is 0 Å². The molecule has 4 nitrogen and oxygen atoms in total. The van der Waals surface area contributed by atoms with Gasteiger partial charge in [-0.3, -0.25) is 0 Å². The Morgan fingerprint density at radius 3 is 1.10 bits per heavy atom. The highest BCUT2D eigenvalue weighted by Crippen LogP contribution is 2.32. The molecule has 0 spiro atoms. The second-order valence-corrected chi connectivity index (χ2v) is 4.08. The number of nitrogens with zero attached hydrogens (tertiary/aromatic N) is 4. The first-order valence-corrected chi connectivity index (χ1v) is 5.31. The smallest absolute Gasteiger partial charge is 0.219 e. The van der Waals surface area contributed by atoms with Gasteiger partial charge in [0.25, 0.3) is 0 Å². The maximum absolute atomic E-state index is 12.4. The summed E-state index contributed by atoms with van der Waals surface area (Å²) >= 11 is 10.8. The standard InChI is InChI=1S/C8Cl2F6N4/c9-3-1(17-5(19-3)7(11,12)13)2-4(10)20-6(18-2)8(14,15)16. The van der Waals surface area contributed by atoms with E-state index in [4.69, 9.17) is 23.2 Å². The summed E-state index contributed by atoms with van der Waals surface area (Å²) in [7, 11) is 0. The van der Waals surface area contributed by atoms with Gasteiger partial charge in [0.1, 0.15) is 11.4 Å². The van der Waals surface area contributed by atoms with Gasteiger partial charge < -0.3 is 0 Å². The van der Waals surface area contributed by atoms with Crippen molar-refractivity contribution in [2.24, 2.45) is 20.0 Å². The van der Waals surface area contributed by atoms with Crippen LogP contribution >= 0.6 is 23.2 Å². The van der Waals surface area contributed by atoms with Crippen LogP contribution in [-0.2, 0) is 0 Å². The van der Waals surface area contributed by atoms with Crippen LogP contribution in [0.15, 0.2) is 31.4 Å². The predicted octanol–water partition coefficient (Wildman–Crippen LogP) is 3.42. The maximum atomic E-state index is 12.4. The zero-order valence-corrected chi connectivity index (χ0v) is 10.3. The van der Waals surface area contributed by atoms with E-state index in [0.717, 1.165) is 0 Å². The third kappa shape index (κ3) is 2.70. The summed E-state index contributed by atoms with van der Waals surface area (Å²) in [6, 6.07) is 0. The minimum atomic E-state index is -4.90. The number of rotatable bonds is 0. The normalized spacial score (nSPS) is 23.6. The molecule has 0 aromatic rings. The van der Waals surface area contributed by atoms with Crippen LogP contribution in [0, 0.1) is 0 Å². The average molecular weight is 337 g/mol. The summed E-state index contributed by atoms with van der Waals surface area (Å²) in [5, 5.41) is -1.54. The highest BCUT2D eigenvalue weighted by molar-refractivity contribution is 6.75. The summed E-state index contributed by atoms with van der Waals surface area (Å²) in [5.74, 6) is -3.21. The predicted molar refractivity (Wildman–Crippen MR) is 60.6 cm³/mol. The van der Waals surface area contributed by atoms with Crippen molar-refractivity contribution in [2.45, 2.75) is 12.4 Å². The summed E-state index contributed by atoms with van der Waals surface area (Å²) in [4.78, 5) is 11.8. The van der Waals surface area contributed by atoms with Crippen LogP contribution in [0.25, 0.3) is 0 Å². The fraction of sp³-hybridized carbons (Fsp3) is 0.250. The number of alkyl halides is 6. The van der Waals surface area contributed by atoms with Gasteiger partial charge in [0.2, 0.25) is 11.7 Å². The number of amidine groups is 2. The molecule has 0 unspecified atom stereocenters. The third-order valence-electron chi connectivity index (χ3n) is 1.97. The maximum Gasteiger partial charge on any atom is 0.451 e. The highest BCUT2D eigenvalue weighted by Gasteiger charge is 2.43. The van der Waals surface area contributed by atoms with Gasteiger partial charge in [-0.05, 0) is 0 Å². The molecule has 2 heterocycles. The molecule has 108 valence electrons. The summed E-state index contributed by atoms with van der Waals surface area (Å²) in [6.45, 7) is 0. The zero-order chi connectivity index (χ0) is 15.3. The van der Waals surface area contributed by atoms with E-state index in [9.17, 15) is 26.3 Å². The van der Waals surface area contributed by atoms with Crippen molar-refractivity contribution in [3.05, 3.63) is 11.4 Å². The Morgan fingerprint density at radius 2 is 0.900 bits per heavy atom. The second-order valence-electron chi connectivity index (χ2n) is 3.37. The fourth-order valence-corrected chi connectivity index (χ4v) is 1.62. The molecule has 0 aliphatic carbocycles. The molecule has 0 fully saturated rings. The molecular formula is C8Cl2F6N4. The molecule has 0 saturated carbocycles. The van der Waals surface area contributed by atoms with E-state index in [0.29, 0.717) is 0 Å². The number of hydrogen-bond donors (Lipinski definition) is 0. The summed E-state index contributed by atoms with van der Waals surface area (Å²) < 4.78 is 74.2. The monoisotopic (exact) mass is 336 g/mol. The van der Waals surface area contributed by atoms with Gasteiger partial charge >= 0.3 is 12.4 Å². The molecule has 0 atom stereocenters. The topological polar surface area (TPSA) is 49.4 Å². The lowest BCUT2D eigenvalue weighted by atomic mass is 10.3. The van der Waals surface area contributed by atoms with E-state index < -0.39 is 45.8 Å². The van der Waals surface area contributed by atoms with Crippen LogP contribution in [0.5, 0.6) is 0 Å². The second kappa shape index (κ2) is 4.55. The average Bonchev–Trinajstić information content (AvgIpc) is 2.80. The Labute approximate surface area is 116 Å². The van der Waals surface area contributed by atoms with Gasteiger partial charge in [-0.1, -0.05) is 23.2 Å². The molecule has 2 aliphatic heterocycles. The lowest BCUT2D eigenvalue weighted by molar-refractivity contribution is -0.0603. The Morgan fingerprint density at radius 1 is 0.600 bits per heavy atom. The number of aliphatic imine (C=N–C) groups is 4. The first-order valence-electron chi connectivity index (χ1n) is 4.55. The summed E-state index contributed by atoms with van der Waals surface area (Å²) in [5.41, 5.74) is -1.43. The zero-order valence-electron chi connectivity index (χ0n) is 8.81. The van der Waals surface area contributed by atoms with E-state index in [2.05, 4.69) is 20.0 Å². The van der Waals surface area contributed by atoms with Crippen LogP contribution in [0.1, 0.15) is 0 Å². The summed E-state index contributed by atoms with van der Waals surface area (Å²) in [6.07, 6.45) is -9.80. The first kappa shape index (κ1) is 15.0. The van der Waals surface area contributed by atoms with Crippen LogP contribution < -0.4 is 0 Å². The third-order valence-corrected chi connectivity index (χ3v) is 2.49. The lowest BCUT2D eigenvalue weighted by Gasteiger charge is -2.00. The number of halogens is 8. The van der Waals surface area contributed by atoms with Gasteiger partial charge in [0, 0.05) is 0 Å². The van der Waals surface area contributed by atoms with Crippen molar-refractivity contribution in [3.8, 4) is 0 Å². The Hall–Kier alpha value is -1.42. The SMILES string of the molecule is FC(F)(F)C1=NC(=C2N=C(C(F)(F)F)N=C2Cl)C(Cl)=N1. The highest BCUT2D eigenvalue weighted by atomic mass is 35.5. The van der Waals surface area contributed by atoms with Crippen molar-refractivity contribution >= 4 is 45.2 Å². The van der Waals surface area contributed by atoms with E-state index >= 15 is 0 Å². The quantitative estimate of drug-likeness (QED) is 0.609. The Balaban J connectivity index is 2.52. The van der Waals surface area contributed by atoms with E-state index in [-0.39, 0.29) is 0 Å². The van der Waals surface area contributed by atoms with Crippen LogP contribution in [0.3, 0.4) is 0 Å². The number of allylic oxidation sites excluding steroid dienone is 2. The molecule has 0 aromatic carbocycles. The van der Waals surface area contributed by atoms with E-state index in [1.807, 2.05) is 0 Å². The van der Waals surface area contributed by atoms with Crippen molar-refractivity contribution in [3.63, 3.8) is 0 Å². The molecule has 0 aromatic heterocycles. The Kier molecular flexibility index (Phi) is 3.41. The molecule has 20 heavy (non-hydrogen) atoms. The van der Waals surface area contributed by atoms with Crippen LogP contribution in [0.4, 0.5) is 26.3 Å². The van der Waals surface area contributed by atoms with E-state index in [1.54, 1.807) is 0 Å². The van der Waals surface area contributed by atoms with Gasteiger partial charge in [-0.2, -0.15) is 26.3 Å². The molecule has 0 amide bonds. The fourth-order valence-electron chi connectivity index (χ4n) is 1.20. The lowest BCUT2D eigenvalue weighted by Crippen LogP contribution is -2.19. The minimum absolute atomic E-state index is 0.716. The van der Waals surface area contributed by atoms with Crippen molar-refractivity contribution < 1.29 is 26.3 Å². The first-order chi connectivity index (χ1) is 9.00. The van der Waals surface area contributed by atoms with Crippen molar-refractivity contribution in [1.82, 2.24) is 0 Å². The van der Waals surface area contributed by atoms with Gasteiger partial charge in [0.15, 0.2) is 10.3 Å². The molecule has 0 bridgehead atoms. The van der Waals surface area contributed by atoms with Gasteiger partial charge in [-0.15, -0.1) is 0 Å². The molecule has 2 rings (SSSR count). The molecule has 12 heteroatoms. The van der Waals surface area contributed by atoms with E-state index in [1.165, 1.54) is 0 Å². The van der Waals surface area contributed by atoms with Gasteiger partial charge in [-0.25, -0.2) is 20.0 Å². The molecule has 0 N–H and O–H groups in total. The van der Waals surface area contributed by atoms with Crippen molar-refractivity contribution in [1.29, 1.82) is 0 Å². The molecule has 2 aliphatic rings. The molecular weight excluding hydrogens is 337 g/mol. The van der Waals surface area contributed by atoms with Crippen LogP contribution in [-0.4, -0.2) is 34.4 Å². The largest absolute Gasteiger partial charge is 0.451 e. The molecule has 0 radical (unpaired) electrons.